The number of primary amides is 1. The van der Waals surface area contributed by atoms with E-state index in [-0.39, 0.29) is 5.91 Å². The number of rotatable bonds is 4. The van der Waals surface area contributed by atoms with Crippen LogP contribution in [0.2, 0.25) is 0 Å². The molecule has 114 valence electrons. The average Bonchev–Trinajstić information content (AvgIpc) is 3.09. The van der Waals surface area contributed by atoms with Crippen LogP contribution in [0, 0.1) is 0 Å². The van der Waals surface area contributed by atoms with Gasteiger partial charge in [-0.15, -0.1) is 0 Å². The summed E-state index contributed by atoms with van der Waals surface area (Å²) in [5.41, 5.74) is 9.29. The van der Waals surface area contributed by atoms with Crippen molar-refractivity contribution in [2.24, 2.45) is 5.73 Å². The van der Waals surface area contributed by atoms with Gasteiger partial charge in [0.2, 0.25) is 5.91 Å². The number of amides is 1. The van der Waals surface area contributed by atoms with E-state index in [1.165, 1.54) is 31.5 Å². The van der Waals surface area contributed by atoms with Gasteiger partial charge in [0, 0.05) is 11.6 Å². The van der Waals surface area contributed by atoms with Crippen molar-refractivity contribution >= 4 is 5.91 Å². The quantitative estimate of drug-likeness (QED) is 0.936. The SMILES string of the molecule is C[C@H](c1ccc(-c2ccccc2C(N)=O)cc1)N1CCCC1. The summed E-state index contributed by atoms with van der Waals surface area (Å²) in [6, 6.07) is 16.4. The first-order valence-corrected chi connectivity index (χ1v) is 7.90. The fraction of sp³-hybridized carbons (Fsp3) is 0.316. The molecule has 1 amide bonds. The monoisotopic (exact) mass is 294 g/mol. The molecule has 3 nitrogen and oxygen atoms in total. The zero-order valence-corrected chi connectivity index (χ0v) is 13.0. The molecule has 0 unspecified atom stereocenters. The summed E-state index contributed by atoms with van der Waals surface area (Å²) in [6.45, 7) is 4.64. The van der Waals surface area contributed by atoms with Gasteiger partial charge in [0.1, 0.15) is 0 Å². The van der Waals surface area contributed by atoms with Crippen LogP contribution in [-0.2, 0) is 0 Å². The minimum absolute atomic E-state index is 0.384. The predicted octanol–water partition coefficient (Wildman–Crippen LogP) is 3.61. The second kappa shape index (κ2) is 6.32. The van der Waals surface area contributed by atoms with Crippen molar-refractivity contribution in [1.82, 2.24) is 4.90 Å². The van der Waals surface area contributed by atoms with Crippen LogP contribution in [0.5, 0.6) is 0 Å². The lowest BCUT2D eigenvalue weighted by Crippen LogP contribution is -2.23. The molecule has 2 aromatic carbocycles. The Balaban J connectivity index is 1.87. The molecular formula is C19H22N2O. The number of nitrogens with zero attached hydrogens (tertiary/aromatic N) is 1. The van der Waals surface area contributed by atoms with E-state index in [1.807, 2.05) is 18.2 Å². The van der Waals surface area contributed by atoms with Gasteiger partial charge in [0.25, 0.3) is 0 Å². The third-order valence-corrected chi connectivity index (χ3v) is 4.58. The Morgan fingerprint density at radius 3 is 2.32 bits per heavy atom. The van der Waals surface area contributed by atoms with Crippen LogP contribution in [0.1, 0.15) is 41.7 Å². The van der Waals surface area contributed by atoms with Crippen molar-refractivity contribution in [1.29, 1.82) is 0 Å². The van der Waals surface area contributed by atoms with Crippen molar-refractivity contribution in [2.45, 2.75) is 25.8 Å². The van der Waals surface area contributed by atoms with Gasteiger partial charge in [-0.3, -0.25) is 9.69 Å². The first-order chi connectivity index (χ1) is 10.7. The van der Waals surface area contributed by atoms with E-state index in [9.17, 15) is 4.79 Å². The van der Waals surface area contributed by atoms with E-state index in [1.54, 1.807) is 6.07 Å². The van der Waals surface area contributed by atoms with E-state index in [2.05, 4.69) is 36.1 Å². The van der Waals surface area contributed by atoms with E-state index in [4.69, 9.17) is 5.73 Å². The maximum atomic E-state index is 11.6. The van der Waals surface area contributed by atoms with E-state index < -0.39 is 0 Å². The number of hydrogen-bond donors (Lipinski definition) is 1. The Bertz CT molecular complexity index is 657. The summed E-state index contributed by atoms with van der Waals surface area (Å²) < 4.78 is 0. The van der Waals surface area contributed by atoms with E-state index >= 15 is 0 Å². The highest BCUT2D eigenvalue weighted by molar-refractivity contribution is 5.99. The van der Waals surface area contributed by atoms with Crippen molar-refractivity contribution in [2.75, 3.05) is 13.1 Å². The van der Waals surface area contributed by atoms with Crippen LogP contribution >= 0.6 is 0 Å². The summed E-state index contributed by atoms with van der Waals surface area (Å²) in [4.78, 5) is 14.1. The number of nitrogens with two attached hydrogens (primary N) is 1. The van der Waals surface area contributed by atoms with Gasteiger partial charge in [-0.1, -0.05) is 42.5 Å². The summed E-state index contributed by atoms with van der Waals surface area (Å²) in [6.07, 6.45) is 2.60. The molecular weight excluding hydrogens is 272 g/mol. The van der Waals surface area contributed by atoms with Gasteiger partial charge >= 0.3 is 0 Å². The number of benzene rings is 2. The number of likely N-dealkylation sites (tertiary alicyclic amines) is 1. The molecule has 22 heavy (non-hydrogen) atoms. The van der Waals surface area contributed by atoms with Crippen LogP contribution in [0.15, 0.2) is 48.5 Å². The molecule has 0 aliphatic carbocycles. The van der Waals surface area contributed by atoms with E-state index in [0.717, 1.165) is 11.1 Å². The first kappa shape index (κ1) is 14.8. The molecule has 2 N–H and O–H groups in total. The summed E-state index contributed by atoms with van der Waals surface area (Å²) in [5.74, 6) is -0.384. The molecule has 1 fully saturated rings. The minimum Gasteiger partial charge on any atom is -0.366 e. The Kier molecular flexibility index (Phi) is 4.25. The van der Waals surface area contributed by atoms with Gasteiger partial charge in [0.05, 0.1) is 0 Å². The summed E-state index contributed by atoms with van der Waals surface area (Å²) in [5, 5.41) is 0. The Hall–Kier alpha value is -2.13. The molecule has 1 heterocycles. The molecule has 0 bridgehead atoms. The summed E-state index contributed by atoms with van der Waals surface area (Å²) >= 11 is 0. The maximum Gasteiger partial charge on any atom is 0.249 e. The van der Waals surface area contributed by atoms with Crippen molar-refractivity contribution in [3.05, 3.63) is 59.7 Å². The third-order valence-electron chi connectivity index (χ3n) is 4.58. The average molecular weight is 294 g/mol. The van der Waals surface area contributed by atoms with Gasteiger partial charge < -0.3 is 5.73 Å². The highest BCUT2D eigenvalue weighted by Crippen LogP contribution is 2.28. The fourth-order valence-corrected chi connectivity index (χ4v) is 3.23. The van der Waals surface area contributed by atoms with E-state index in [0.29, 0.717) is 11.6 Å². The maximum absolute atomic E-state index is 11.6. The second-order valence-corrected chi connectivity index (χ2v) is 5.95. The molecule has 0 spiro atoms. The van der Waals surface area contributed by atoms with Crippen molar-refractivity contribution in [3.63, 3.8) is 0 Å². The highest BCUT2D eigenvalue weighted by atomic mass is 16.1. The molecule has 1 atom stereocenters. The standard InChI is InChI=1S/C19H22N2O/c1-14(21-12-4-5-13-21)15-8-10-16(11-9-15)17-6-2-3-7-18(17)19(20)22/h2-3,6-11,14H,4-5,12-13H2,1H3,(H2,20,22)/t14-/m1/s1. The molecule has 1 aliphatic rings. The topological polar surface area (TPSA) is 46.3 Å². The highest BCUT2D eigenvalue weighted by Gasteiger charge is 2.19. The summed E-state index contributed by atoms with van der Waals surface area (Å²) in [7, 11) is 0. The van der Waals surface area contributed by atoms with Crippen LogP contribution in [0.25, 0.3) is 11.1 Å². The second-order valence-electron chi connectivity index (χ2n) is 5.95. The Labute approximate surface area is 131 Å². The lowest BCUT2D eigenvalue weighted by atomic mass is 9.97. The van der Waals surface area contributed by atoms with Crippen LogP contribution in [0.3, 0.4) is 0 Å². The predicted molar refractivity (Wildman–Crippen MR) is 89.6 cm³/mol. The molecule has 0 radical (unpaired) electrons. The van der Waals surface area contributed by atoms with Crippen molar-refractivity contribution in [3.8, 4) is 11.1 Å². The number of hydrogen-bond acceptors (Lipinski definition) is 2. The number of carbonyl (C=O) groups excluding carboxylic acids is 1. The van der Waals surface area contributed by atoms with Crippen molar-refractivity contribution < 1.29 is 4.79 Å². The normalized spacial score (nSPS) is 16.6. The zero-order valence-electron chi connectivity index (χ0n) is 13.0. The molecule has 1 aliphatic heterocycles. The Morgan fingerprint density at radius 2 is 1.68 bits per heavy atom. The molecule has 3 rings (SSSR count). The lowest BCUT2D eigenvalue weighted by molar-refractivity contribution is 0.100. The largest absolute Gasteiger partial charge is 0.366 e. The number of carbonyl (C=O) groups is 1. The molecule has 0 saturated carbocycles. The smallest absolute Gasteiger partial charge is 0.249 e. The van der Waals surface area contributed by atoms with Gasteiger partial charge in [-0.05, 0) is 55.6 Å². The molecule has 3 heteroatoms. The third kappa shape index (κ3) is 2.90. The van der Waals surface area contributed by atoms with Gasteiger partial charge in [-0.25, -0.2) is 0 Å². The van der Waals surface area contributed by atoms with Crippen LogP contribution < -0.4 is 5.73 Å². The molecule has 2 aromatic rings. The molecule has 0 aromatic heterocycles. The van der Waals surface area contributed by atoms with Crippen LogP contribution in [-0.4, -0.2) is 23.9 Å². The minimum atomic E-state index is -0.384. The van der Waals surface area contributed by atoms with Gasteiger partial charge in [0.15, 0.2) is 0 Å². The van der Waals surface area contributed by atoms with Crippen LogP contribution in [0.4, 0.5) is 0 Å². The van der Waals surface area contributed by atoms with Gasteiger partial charge in [-0.2, -0.15) is 0 Å². The first-order valence-electron chi connectivity index (χ1n) is 7.90. The Morgan fingerprint density at radius 1 is 1.05 bits per heavy atom. The fourth-order valence-electron chi connectivity index (χ4n) is 3.23. The molecule has 1 saturated heterocycles. The zero-order chi connectivity index (χ0) is 15.5. The lowest BCUT2D eigenvalue weighted by Gasteiger charge is -2.24.